The van der Waals surface area contributed by atoms with Crippen molar-refractivity contribution >= 4 is 5.91 Å². The van der Waals surface area contributed by atoms with Crippen molar-refractivity contribution in [1.82, 2.24) is 10.2 Å². The molecule has 5 heteroatoms. The molecule has 0 radical (unpaired) electrons. The largest absolute Gasteiger partial charge is 0.394 e. The molecule has 2 atom stereocenters. The maximum absolute atomic E-state index is 11.6. The Balaban J connectivity index is 2.35. The average molecular weight is 230 g/mol. The number of rotatable bonds is 5. The fourth-order valence-corrected chi connectivity index (χ4v) is 1.71. The molecule has 0 saturated carbocycles. The fraction of sp³-hybridized carbons (Fsp3) is 0.909. The molecule has 0 aromatic rings. The first-order valence-corrected chi connectivity index (χ1v) is 5.90. The molecule has 0 aromatic heterocycles. The Bertz CT molecular complexity index is 223. The van der Waals surface area contributed by atoms with E-state index in [0.29, 0.717) is 19.7 Å². The summed E-state index contributed by atoms with van der Waals surface area (Å²) < 4.78 is 5.41. The highest BCUT2D eigenvalue weighted by molar-refractivity contribution is 5.78. The molecular formula is C11H22N2O3. The summed E-state index contributed by atoms with van der Waals surface area (Å²) in [5.41, 5.74) is 0. The summed E-state index contributed by atoms with van der Waals surface area (Å²) in [6, 6.07) is 0.232. The van der Waals surface area contributed by atoms with Crippen LogP contribution in [0.2, 0.25) is 0 Å². The van der Waals surface area contributed by atoms with E-state index in [0.717, 1.165) is 13.0 Å². The second kappa shape index (κ2) is 6.83. The molecule has 1 saturated heterocycles. The topological polar surface area (TPSA) is 61.8 Å². The van der Waals surface area contributed by atoms with Crippen molar-refractivity contribution in [2.45, 2.75) is 32.4 Å². The zero-order valence-corrected chi connectivity index (χ0v) is 10.1. The Labute approximate surface area is 96.8 Å². The first kappa shape index (κ1) is 13.4. The van der Waals surface area contributed by atoms with Crippen LogP contribution in [0.15, 0.2) is 0 Å². The van der Waals surface area contributed by atoms with Gasteiger partial charge in [0.15, 0.2) is 0 Å². The minimum Gasteiger partial charge on any atom is -0.394 e. The molecule has 0 bridgehead atoms. The van der Waals surface area contributed by atoms with Crippen LogP contribution in [-0.2, 0) is 9.53 Å². The summed E-state index contributed by atoms with van der Waals surface area (Å²) in [6.07, 6.45) is 0.791. The lowest BCUT2D eigenvalue weighted by Gasteiger charge is -2.36. The van der Waals surface area contributed by atoms with Gasteiger partial charge >= 0.3 is 0 Å². The van der Waals surface area contributed by atoms with Gasteiger partial charge in [0.1, 0.15) is 0 Å². The van der Waals surface area contributed by atoms with E-state index in [1.807, 2.05) is 13.8 Å². The number of nitrogens with zero attached hydrogens (tertiary/aromatic N) is 1. The van der Waals surface area contributed by atoms with Crippen molar-refractivity contribution in [2.75, 3.05) is 32.8 Å². The van der Waals surface area contributed by atoms with Gasteiger partial charge in [0.25, 0.3) is 0 Å². The quantitative estimate of drug-likeness (QED) is 0.674. The third-order valence-electron chi connectivity index (χ3n) is 2.76. The molecule has 1 fully saturated rings. The molecule has 0 spiro atoms. The zero-order chi connectivity index (χ0) is 12.0. The molecule has 1 aliphatic rings. The van der Waals surface area contributed by atoms with Crippen molar-refractivity contribution in [3.05, 3.63) is 0 Å². The second-order valence-corrected chi connectivity index (χ2v) is 4.27. The summed E-state index contributed by atoms with van der Waals surface area (Å²) in [6.45, 7) is 6.38. The van der Waals surface area contributed by atoms with Gasteiger partial charge in [-0.3, -0.25) is 9.69 Å². The predicted molar refractivity (Wildman–Crippen MR) is 61.2 cm³/mol. The van der Waals surface area contributed by atoms with Gasteiger partial charge in [-0.15, -0.1) is 0 Å². The van der Waals surface area contributed by atoms with Crippen LogP contribution in [0.25, 0.3) is 0 Å². The number of carbonyl (C=O) groups excluding carboxylic acids is 1. The van der Waals surface area contributed by atoms with Crippen LogP contribution in [-0.4, -0.2) is 60.9 Å². The lowest BCUT2D eigenvalue weighted by atomic mass is 10.2. The highest BCUT2D eigenvalue weighted by Gasteiger charge is 2.26. The number of aliphatic hydroxyl groups excluding tert-OH is 1. The lowest BCUT2D eigenvalue weighted by molar-refractivity contribution is -0.127. The highest BCUT2D eigenvalue weighted by Crippen LogP contribution is 2.10. The fourth-order valence-electron chi connectivity index (χ4n) is 1.71. The Kier molecular flexibility index (Phi) is 5.73. The normalized spacial score (nSPS) is 26.7. The summed E-state index contributed by atoms with van der Waals surface area (Å²) in [4.78, 5) is 13.6. The molecule has 1 aliphatic heterocycles. The van der Waals surface area contributed by atoms with Crippen LogP contribution in [0.1, 0.15) is 20.3 Å². The molecule has 1 amide bonds. The van der Waals surface area contributed by atoms with E-state index >= 15 is 0 Å². The van der Waals surface area contributed by atoms with Gasteiger partial charge in [0.2, 0.25) is 5.91 Å². The minimum absolute atomic E-state index is 0.0137. The Morgan fingerprint density at radius 1 is 1.62 bits per heavy atom. The molecule has 16 heavy (non-hydrogen) atoms. The van der Waals surface area contributed by atoms with Gasteiger partial charge in [-0.25, -0.2) is 0 Å². The Morgan fingerprint density at radius 2 is 2.38 bits per heavy atom. The predicted octanol–water partition coefficient (Wildman–Crippen LogP) is -0.406. The highest BCUT2D eigenvalue weighted by atomic mass is 16.5. The summed E-state index contributed by atoms with van der Waals surface area (Å²) >= 11 is 0. The van der Waals surface area contributed by atoms with Crippen LogP contribution in [0.5, 0.6) is 0 Å². The number of hydrogen-bond acceptors (Lipinski definition) is 4. The molecular weight excluding hydrogens is 208 g/mol. The van der Waals surface area contributed by atoms with Crippen LogP contribution < -0.4 is 5.32 Å². The molecule has 1 heterocycles. The SMILES string of the molecule is CCCNC(=O)CN1CC(CO)OCC1C. The molecule has 2 N–H and O–H groups in total. The number of ether oxygens (including phenoxy) is 1. The zero-order valence-electron chi connectivity index (χ0n) is 10.1. The van der Waals surface area contributed by atoms with E-state index in [1.165, 1.54) is 0 Å². The molecule has 1 rings (SSSR count). The number of amides is 1. The van der Waals surface area contributed by atoms with E-state index in [2.05, 4.69) is 10.2 Å². The summed E-state index contributed by atoms with van der Waals surface area (Å²) in [7, 11) is 0. The summed E-state index contributed by atoms with van der Waals surface area (Å²) in [5, 5.41) is 11.9. The standard InChI is InChI=1S/C11H22N2O3/c1-3-4-12-11(15)6-13-5-10(7-14)16-8-9(13)2/h9-10,14H,3-8H2,1-2H3,(H,12,15). The van der Waals surface area contributed by atoms with Crippen molar-refractivity contribution in [2.24, 2.45) is 0 Å². The Hall–Kier alpha value is -0.650. The number of nitrogens with one attached hydrogen (secondary N) is 1. The van der Waals surface area contributed by atoms with E-state index in [4.69, 9.17) is 9.84 Å². The van der Waals surface area contributed by atoms with Gasteiger partial charge in [0, 0.05) is 19.1 Å². The van der Waals surface area contributed by atoms with Gasteiger partial charge < -0.3 is 15.2 Å². The van der Waals surface area contributed by atoms with E-state index in [-0.39, 0.29) is 24.7 Å². The minimum atomic E-state index is -0.157. The van der Waals surface area contributed by atoms with Gasteiger partial charge in [-0.05, 0) is 13.3 Å². The first-order chi connectivity index (χ1) is 7.67. The number of aliphatic hydroxyl groups is 1. The second-order valence-electron chi connectivity index (χ2n) is 4.27. The van der Waals surface area contributed by atoms with Crippen molar-refractivity contribution in [3.63, 3.8) is 0 Å². The maximum Gasteiger partial charge on any atom is 0.234 e. The smallest absolute Gasteiger partial charge is 0.234 e. The van der Waals surface area contributed by atoms with Crippen molar-refractivity contribution in [1.29, 1.82) is 0 Å². The molecule has 5 nitrogen and oxygen atoms in total. The third kappa shape index (κ3) is 4.08. The van der Waals surface area contributed by atoms with E-state index < -0.39 is 0 Å². The lowest BCUT2D eigenvalue weighted by Crippen LogP contribution is -2.52. The Morgan fingerprint density at radius 3 is 3.00 bits per heavy atom. The van der Waals surface area contributed by atoms with Crippen LogP contribution in [0.4, 0.5) is 0 Å². The van der Waals surface area contributed by atoms with Gasteiger partial charge in [-0.1, -0.05) is 6.92 Å². The third-order valence-corrected chi connectivity index (χ3v) is 2.76. The van der Waals surface area contributed by atoms with Crippen LogP contribution >= 0.6 is 0 Å². The van der Waals surface area contributed by atoms with Crippen molar-refractivity contribution in [3.8, 4) is 0 Å². The summed E-state index contributed by atoms with van der Waals surface area (Å²) in [5.74, 6) is 0.0484. The number of carbonyl (C=O) groups is 1. The number of morpholine rings is 1. The van der Waals surface area contributed by atoms with Gasteiger partial charge in [-0.2, -0.15) is 0 Å². The van der Waals surface area contributed by atoms with Crippen LogP contribution in [0, 0.1) is 0 Å². The van der Waals surface area contributed by atoms with Crippen molar-refractivity contribution < 1.29 is 14.6 Å². The monoisotopic (exact) mass is 230 g/mol. The number of hydrogen-bond donors (Lipinski definition) is 2. The molecule has 2 unspecified atom stereocenters. The first-order valence-electron chi connectivity index (χ1n) is 5.90. The van der Waals surface area contributed by atoms with E-state index in [1.54, 1.807) is 0 Å². The molecule has 94 valence electrons. The van der Waals surface area contributed by atoms with E-state index in [9.17, 15) is 4.79 Å². The van der Waals surface area contributed by atoms with Crippen LogP contribution in [0.3, 0.4) is 0 Å². The molecule has 0 aromatic carbocycles. The molecule has 0 aliphatic carbocycles. The average Bonchev–Trinajstić information content (AvgIpc) is 2.29. The maximum atomic E-state index is 11.6. The van der Waals surface area contributed by atoms with Gasteiger partial charge in [0.05, 0.1) is 25.9 Å².